The van der Waals surface area contributed by atoms with E-state index in [1.165, 1.54) is 25.7 Å². The van der Waals surface area contributed by atoms with Crippen LogP contribution in [0, 0.1) is 0 Å². The number of hydrogen-bond donors (Lipinski definition) is 1. The summed E-state index contributed by atoms with van der Waals surface area (Å²) in [5, 5.41) is 3.36. The average Bonchev–Trinajstić information content (AvgIpc) is 2.86. The molecule has 1 aliphatic heterocycles. The molecule has 2 fully saturated rings. The minimum atomic E-state index is 0.0141. The van der Waals surface area contributed by atoms with Crippen LogP contribution in [0.1, 0.15) is 52.4 Å². The van der Waals surface area contributed by atoms with Gasteiger partial charge in [0.25, 0.3) is 0 Å². The predicted molar refractivity (Wildman–Crippen MR) is 76.1 cm³/mol. The zero-order chi connectivity index (χ0) is 13.7. The normalized spacial score (nSPS) is 25.5. The highest BCUT2D eigenvalue weighted by Gasteiger charge is 2.28. The van der Waals surface area contributed by atoms with Crippen molar-refractivity contribution in [3.05, 3.63) is 0 Å². The first kappa shape index (κ1) is 14.8. The molecule has 110 valence electrons. The number of nitrogens with one attached hydrogen (secondary N) is 1. The molecule has 1 saturated heterocycles. The van der Waals surface area contributed by atoms with Crippen molar-refractivity contribution in [3.8, 4) is 0 Å². The van der Waals surface area contributed by atoms with Gasteiger partial charge in [0.1, 0.15) is 0 Å². The van der Waals surface area contributed by atoms with Crippen LogP contribution in [0.3, 0.4) is 0 Å². The number of likely N-dealkylation sites (tertiary alicyclic amines) is 1. The third-order valence-electron chi connectivity index (χ3n) is 4.08. The Hall–Kier alpha value is -0.610. The lowest BCUT2D eigenvalue weighted by Gasteiger charge is -2.33. The highest BCUT2D eigenvalue weighted by Crippen LogP contribution is 2.21. The third kappa shape index (κ3) is 4.46. The SMILES string of the molecule is CC(C)NC1CCCN(CCOC2CCCC2)C1=O. The molecule has 1 atom stereocenters. The largest absolute Gasteiger partial charge is 0.376 e. The zero-order valence-corrected chi connectivity index (χ0v) is 12.4. The van der Waals surface area contributed by atoms with E-state index in [2.05, 4.69) is 19.2 Å². The summed E-state index contributed by atoms with van der Waals surface area (Å²) < 4.78 is 5.86. The lowest BCUT2D eigenvalue weighted by atomic mass is 10.0. The van der Waals surface area contributed by atoms with E-state index in [9.17, 15) is 4.79 Å². The number of rotatable bonds is 6. The number of carbonyl (C=O) groups is 1. The summed E-state index contributed by atoms with van der Waals surface area (Å²) in [4.78, 5) is 14.3. The Morgan fingerprint density at radius 3 is 2.68 bits per heavy atom. The van der Waals surface area contributed by atoms with E-state index in [0.717, 1.165) is 25.9 Å². The molecule has 1 N–H and O–H groups in total. The smallest absolute Gasteiger partial charge is 0.239 e. The van der Waals surface area contributed by atoms with Crippen LogP contribution in [0.2, 0.25) is 0 Å². The third-order valence-corrected chi connectivity index (χ3v) is 4.08. The van der Waals surface area contributed by atoms with Gasteiger partial charge < -0.3 is 15.0 Å². The van der Waals surface area contributed by atoms with Gasteiger partial charge in [-0.2, -0.15) is 0 Å². The van der Waals surface area contributed by atoms with Crippen molar-refractivity contribution in [1.29, 1.82) is 0 Å². The van der Waals surface area contributed by atoms with Gasteiger partial charge in [-0.1, -0.05) is 26.7 Å². The molecule has 0 aromatic heterocycles. The van der Waals surface area contributed by atoms with Crippen LogP contribution in [0.5, 0.6) is 0 Å². The molecule has 2 rings (SSSR count). The molecule has 1 unspecified atom stereocenters. The van der Waals surface area contributed by atoms with Gasteiger partial charge in [0, 0.05) is 19.1 Å². The van der Waals surface area contributed by atoms with Gasteiger partial charge in [0.05, 0.1) is 18.8 Å². The Bertz CT molecular complexity index is 288. The maximum absolute atomic E-state index is 12.3. The lowest BCUT2D eigenvalue weighted by molar-refractivity contribution is -0.137. The van der Waals surface area contributed by atoms with Gasteiger partial charge in [-0.05, 0) is 25.7 Å². The summed E-state index contributed by atoms with van der Waals surface area (Å²) in [6.07, 6.45) is 7.51. The van der Waals surface area contributed by atoms with E-state index in [-0.39, 0.29) is 11.9 Å². The number of ether oxygens (including phenoxy) is 1. The summed E-state index contributed by atoms with van der Waals surface area (Å²) >= 11 is 0. The first-order valence-corrected chi connectivity index (χ1v) is 7.83. The Kier molecular flexibility index (Phi) is 5.64. The van der Waals surface area contributed by atoms with Gasteiger partial charge in [-0.3, -0.25) is 4.79 Å². The van der Waals surface area contributed by atoms with Crippen molar-refractivity contribution in [3.63, 3.8) is 0 Å². The quantitative estimate of drug-likeness (QED) is 0.800. The number of piperidine rings is 1. The van der Waals surface area contributed by atoms with E-state index >= 15 is 0 Å². The molecule has 1 heterocycles. The molecule has 0 bridgehead atoms. The molecule has 0 spiro atoms. The Labute approximate surface area is 116 Å². The van der Waals surface area contributed by atoms with Crippen molar-refractivity contribution in [2.24, 2.45) is 0 Å². The van der Waals surface area contributed by atoms with Gasteiger partial charge in [0.15, 0.2) is 0 Å². The first-order valence-electron chi connectivity index (χ1n) is 7.83. The average molecular weight is 268 g/mol. The highest BCUT2D eigenvalue weighted by molar-refractivity contribution is 5.82. The van der Waals surface area contributed by atoms with Crippen LogP contribution in [0.25, 0.3) is 0 Å². The molecular formula is C15H28N2O2. The van der Waals surface area contributed by atoms with E-state index in [4.69, 9.17) is 4.74 Å². The molecule has 0 radical (unpaired) electrons. The topological polar surface area (TPSA) is 41.6 Å². The molecule has 0 aromatic carbocycles. The molecule has 4 nitrogen and oxygen atoms in total. The molecule has 2 aliphatic rings. The Morgan fingerprint density at radius 2 is 2.00 bits per heavy atom. The van der Waals surface area contributed by atoms with Crippen LogP contribution >= 0.6 is 0 Å². The fourth-order valence-electron chi connectivity index (χ4n) is 3.10. The summed E-state index contributed by atoms with van der Waals surface area (Å²) in [6.45, 7) is 6.53. The van der Waals surface area contributed by atoms with Crippen LogP contribution in [-0.4, -0.2) is 48.7 Å². The second kappa shape index (κ2) is 7.25. The van der Waals surface area contributed by atoms with Crippen molar-refractivity contribution < 1.29 is 9.53 Å². The summed E-state index contributed by atoms with van der Waals surface area (Å²) in [5.74, 6) is 0.259. The fourth-order valence-corrected chi connectivity index (χ4v) is 3.10. The number of nitrogens with zero attached hydrogens (tertiary/aromatic N) is 1. The molecular weight excluding hydrogens is 240 g/mol. The number of amides is 1. The molecule has 19 heavy (non-hydrogen) atoms. The lowest BCUT2D eigenvalue weighted by Crippen LogP contribution is -2.53. The number of hydrogen-bond acceptors (Lipinski definition) is 3. The number of carbonyl (C=O) groups excluding carboxylic acids is 1. The maximum atomic E-state index is 12.3. The van der Waals surface area contributed by atoms with E-state index in [1.54, 1.807) is 0 Å². The second-order valence-corrected chi connectivity index (χ2v) is 6.12. The van der Waals surface area contributed by atoms with Crippen LogP contribution in [-0.2, 0) is 9.53 Å². The van der Waals surface area contributed by atoms with Crippen LogP contribution in [0.15, 0.2) is 0 Å². The fraction of sp³-hybridized carbons (Fsp3) is 0.933. The monoisotopic (exact) mass is 268 g/mol. The van der Waals surface area contributed by atoms with Gasteiger partial charge in [-0.25, -0.2) is 0 Å². The minimum absolute atomic E-state index is 0.0141. The van der Waals surface area contributed by atoms with Crippen molar-refractivity contribution in [2.45, 2.75) is 70.6 Å². The van der Waals surface area contributed by atoms with E-state index < -0.39 is 0 Å². The molecule has 1 aliphatic carbocycles. The Balaban J connectivity index is 1.71. The predicted octanol–water partition coefficient (Wildman–Crippen LogP) is 1.93. The first-order chi connectivity index (χ1) is 9.16. The van der Waals surface area contributed by atoms with Gasteiger partial charge in [0.2, 0.25) is 5.91 Å². The summed E-state index contributed by atoms with van der Waals surface area (Å²) in [7, 11) is 0. The van der Waals surface area contributed by atoms with Crippen molar-refractivity contribution in [2.75, 3.05) is 19.7 Å². The maximum Gasteiger partial charge on any atom is 0.239 e. The highest BCUT2D eigenvalue weighted by atomic mass is 16.5. The van der Waals surface area contributed by atoms with Gasteiger partial charge >= 0.3 is 0 Å². The van der Waals surface area contributed by atoms with Gasteiger partial charge in [-0.15, -0.1) is 0 Å². The molecule has 4 heteroatoms. The second-order valence-electron chi connectivity index (χ2n) is 6.12. The zero-order valence-electron chi connectivity index (χ0n) is 12.4. The Morgan fingerprint density at radius 1 is 1.26 bits per heavy atom. The van der Waals surface area contributed by atoms with Crippen LogP contribution in [0.4, 0.5) is 0 Å². The van der Waals surface area contributed by atoms with Crippen LogP contribution < -0.4 is 5.32 Å². The standard InChI is InChI=1S/C15H28N2O2/c1-12(2)16-14-8-5-9-17(15(14)18)10-11-19-13-6-3-4-7-13/h12-14,16H,3-11H2,1-2H3. The molecule has 0 aromatic rings. The van der Waals surface area contributed by atoms with Crippen molar-refractivity contribution >= 4 is 5.91 Å². The summed E-state index contributed by atoms with van der Waals surface area (Å²) in [5.41, 5.74) is 0. The van der Waals surface area contributed by atoms with E-state index in [0.29, 0.717) is 18.8 Å². The van der Waals surface area contributed by atoms with Crippen molar-refractivity contribution in [1.82, 2.24) is 10.2 Å². The minimum Gasteiger partial charge on any atom is -0.376 e. The summed E-state index contributed by atoms with van der Waals surface area (Å²) in [6, 6.07) is 0.379. The molecule has 1 amide bonds. The van der Waals surface area contributed by atoms with E-state index in [1.807, 2.05) is 4.90 Å². The molecule has 1 saturated carbocycles.